The van der Waals surface area contributed by atoms with E-state index in [-0.39, 0.29) is 0 Å². The summed E-state index contributed by atoms with van der Waals surface area (Å²) < 4.78 is 2.13. The Hall–Kier alpha value is -0.870. The molecule has 1 aromatic heterocycles. The van der Waals surface area contributed by atoms with Gasteiger partial charge in [-0.3, -0.25) is 9.58 Å². The highest BCUT2D eigenvalue weighted by Crippen LogP contribution is 2.15. The topological polar surface area (TPSA) is 33.1 Å². The van der Waals surface area contributed by atoms with Gasteiger partial charge in [0.25, 0.3) is 0 Å². The van der Waals surface area contributed by atoms with Crippen molar-refractivity contribution in [3.8, 4) is 0 Å². The van der Waals surface area contributed by atoms with Gasteiger partial charge in [0.2, 0.25) is 0 Å². The molecule has 0 saturated carbocycles. The van der Waals surface area contributed by atoms with Crippen LogP contribution in [0.4, 0.5) is 0 Å². The van der Waals surface area contributed by atoms with Gasteiger partial charge in [-0.1, -0.05) is 0 Å². The van der Waals surface area contributed by atoms with Crippen LogP contribution < -0.4 is 5.32 Å². The van der Waals surface area contributed by atoms with Crippen LogP contribution in [0, 0.1) is 0 Å². The molecule has 0 unspecified atom stereocenters. The van der Waals surface area contributed by atoms with Crippen molar-refractivity contribution < 1.29 is 0 Å². The Balaban J connectivity index is 1.91. The molecule has 2 heterocycles. The van der Waals surface area contributed by atoms with Gasteiger partial charge in [-0.05, 0) is 39.8 Å². The maximum atomic E-state index is 4.39. The molecule has 0 aliphatic carbocycles. The smallest absolute Gasteiger partial charge is 0.0527 e. The molecular formula is C13H24N4. The second kappa shape index (κ2) is 5.65. The summed E-state index contributed by atoms with van der Waals surface area (Å²) in [5.74, 6) is 0. The standard InChI is InChI=1S/C13H24N4/c1-11(2)17-13(4-7-15-17)10-16-8-5-12(14-3)6-9-16/h4,7,11-12,14H,5-6,8-10H2,1-3H3. The maximum Gasteiger partial charge on any atom is 0.0527 e. The second-order valence-electron chi connectivity index (χ2n) is 5.20. The quantitative estimate of drug-likeness (QED) is 0.863. The van der Waals surface area contributed by atoms with Crippen molar-refractivity contribution in [2.24, 2.45) is 0 Å². The first-order valence-corrected chi connectivity index (χ1v) is 6.62. The number of hydrogen-bond acceptors (Lipinski definition) is 3. The monoisotopic (exact) mass is 236 g/mol. The zero-order valence-electron chi connectivity index (χ0n) is 11.2. The summed E-state index contributed by atoms with van der Waals surface area (Å²) in [5.41, 5.74) is 1.34. The minimum atomic E-state index is 0.454. The van der Waals surface area contributed by atoms with E-state index in [1.54, 1.807) is 0 Å². The van der Waals surface area contributed by atoms with Gasteiger partial charge in [-0.25, -0.2) is 0 Å². The third-order valence-corrected chi connectivity index (χ3v) is 3.62. The molecule has 4 heteroatoms. The number of likely N-dealkylation sites (tertiary alicyclic amines) is 1. The fraction of sp³-hybridized carbons (Fsp3) is 0.769. The van der Waals surface area contributed by atoms with Gasteiger partial charge in [-0.15, -0.1) is 0 Å². The fourth-order valence-electron chi connectivity index (χ4n) is 2.54. The van der Waals surface area contributed by atoms with Gasteiger partial charge in [0.1, 0.15) is 0 Å². The van der Waals surface area contributed by atoms with Crippen molar-refractivity contribution in [1.82, 2.24) is 20.0 Å². The summed E-state index contributed by atoms with van der Waals surface area (Å²) in [7, 11) is 2.06. The zero-order chi connectivity index (χ0) is 12.3. The highest BCUT2D eigenvalue weighted by Gasteiger charge is 2.19. The molecule has 1 N–H and O–H groups in total. The molecule has 0 atom stereocenters. The predicted molar refractivity (Wildman–Crippen MR) is 70.0 cm³/mol. The van der Waals surface area contributed by atoms with Gasteiger partial charge in [0, 0.05) is 37.9 Å². The van der Waals surface area contributed by atoms with Crippen LogP contribution in [0.5, 0.6) is 0 Å². The van der Waals surface area contributed by atoms with Gasteiger partial charge in [-0.2, -0.15) is 5.10 Å². The molecule has 2 rings (SSSR count). The highest BCUT2D eigenvalue weighted by atomic mass is 15.3. The summed E-state index contributed by atoms with van der Waals surface area (Å²) in [4.78, 5) is 2.53. The Morgan fingerprint density at radius 2 is 2.12 bits per heavy atom. The van der Waals surface area contributed by atoms with Crippen LogP contribution in [0.25, 0.3) is 0 Å². The van der Waals surface area contributed by atoms with E-state index >= 15 is 0 Å². The van der Waals surface area contributed by atoms with Crippen molar-refractivity contribution in [2.75, 3.05) is 20.1 Å². The van der Waals surface area contributed by atoms with Crippen LogP contribution in [-0.4, -0.2) is 40.9 Å². The molecule has 17 heavy (non-hydrogen) atoms. The van der Waals surface area contributed by atoms with Gasteiger partial charge < -0.3 is 5.32 Å². The predicted octanol–water partition coefficient (Wildman–Crippen LogP) is 1.65. The molecule has 0 radical (unpaired) electrons. The lowest BCUT2D eigenvalue weighted by Gasteiger charge is -2.31. The lowest BCUT2D eigenvalue weighted by molar-refractivity contribution is 0.189. The summed E-state index contributed by atoms with van der Waals surface area (Å²) in [6.45, 7) is 7.78. The average Bonchev–Trinajstić information content (AvgIpc) is 2.78. The minimum Gasteiger partial charge on any atom is -0.317 e. The van der Waals surface area contributed by atoms with E-state index in [2.05, 4.69) is 47.0 Å². The molecule has 0 bridgehead atoms. The number of hydrogen-bond donors (Lipinski definition) is 1. The van der Waals surface area contributed by atoms with Crippen molar-refractivity contribution in [1.29, 1.82) is 0 Å². The highest BCUT2D eigenvalue weighted by molar-refractivity contribution is 5.02. The van der Waals surface area contributed by atoms with Gasteiger partial charge in [0.15, 0.2) is 0 Å². The molecule has 1 aliphatic rings. The zero-order valence-corrected chi connectivity index (χ0v) is 11.2. The van der Waals surface area contributed by atoms with Gasteiger partial charge >= 0.3 is 0 Å². The van der Waals surface area contributed by atoms with Crippen molar-refractivity contribution >= 4 is 0 Å². The van der Waals surface area contributed by atoms with Crippen LogP contribution in [0.1, 0.15) is 38.4 Å². The number of rotatable bonds is 4. The molecule has 1 aromatic rings. The molecule has 4 nitrogen and oxygen atoms in total. The third-order valence-electron chi connectivity index (χ3n) is 3.62. The van der Waals surface area contributed by atoms with Gasteiger partial charge in [0.05, 0.1) is 5.69 Å². The van der Waals surface area contributed by atoms with Crippen LogP contribution in [0.2, 0.25) is 0 Å². The number of piperidine rings is 1. The summed E-state index contributed by atoms with van der Waals surface area (Å²) >= 11 is 0. The number of aromatic nitrogens is 2. The molecule has 0 aromatic carbocycles. The summed E-state index contributed by atoms with van der Waals surface area (Å²) in [6, 6.07) is 3.31. The van der Waals surface area contributed by atoms with Crippen LogP contribution in [0.15, 0.2) is 12.3 Å². The Morgan fingerprint density at radius 1 is 1.41 bits per heavy atom. The molecule has 0 spiro atoms. The van der Waals surface area contributed by atoms with E-state index in [0.717, 1.165) is 6.54 Å². The Labute approximate surface area is 104 Å². The summed E-state index contributed by atoms with van der Waals surface area (Å²) in [6.07, 6.45) is 4.42. The van der Waals surface area contributed by atoms with E-state index in [0.29, 0.717) is 12.1 Å². The number of nitrogens with one attached hydrogen (secondary N) is 1. The van der Waals surface area contributed by atoms with E-state index in [1.165, 1.54) is 31.6 Å². The summed E-state index contributed by atoms with van der Waals surface area (Å²) in [5, 5.41) is 7.76. The molecular weight excluding hydrogens is 212 g/mol. The molecule has 96 valence electrons. The van der Waals surface area contributed by atoms with E-state index in [4.69, 9.17) is 0 Å². The first-order chi connectivity index (χ1) is 8.20. The molecule has 0 amide bonds. The fourth-order valence-corrected chi connectivity index (χ4v) is 2.54. The SMILES string of the molecule is CNC1CCN(Cc2ccnn2C(C)C)CC1. The maximum absolute atomic E-state index is 4.39. The van der Waals surface area contributed by atoms with E-state index < -0.39 is 0 Å². The Kier molecular flexibility index (Phi) is 4.18. The van der Waals surface area contributed by atoms with E-state index in [9.17, 15) is 0 Å². The molecule has 1 saturated heterocycles. The normalized spacial score (nSPS) is 19.1. The first kappa shape index (κ1) is 12.6. The molecule has 1 aliphatic heterocycles. The van der Waals surface area contributed by atoms with Crippen molar-refractivity contribution in [2.45, 2.75) is 45.3 Å². The molecule has 1 fully saturated rings. The second-order valence-corrected chi connectivity index (χ2v) is 5.20. The van der Waals surface area contributed by atoms with Crippen molar-refractivity contribution in [3.63, 3.8) is 0 Å². The lowest BCUT2D eigenvalue weighted by atomic mass is 10.1. The third kappa shape index (κ3) is 3.07. The minimum absolute atomic E-state index is 0.454. The van der Waals surface area contributed by atoms with E-state index in [1.807, 2.05) is 6.20 Å². The average molecular weight is 236 g/mol. The lowest BCUT2D eigenvalue weighted by Crippen LogP contribution is -2.41. The first-order valence-electron chi connectivity index (χ1n) is 6.62. The Morgan fingerprint density at radius 3 is 2.71 bits per heavy atom. The van der Waals surface area contributed by atoms with Crippen LogP contribution in [-0.2, 0) is 6.54 Å². The Bertz CT molecular complexity index is 337. The van der Waals surface area contributed by atoms with Crippen LogP contribution in [0.3, 0.4) is 0 Å². The number of nitrogens with zero attached hydrogens (tertiary/aromatic N) is 3. The van der Waals surface area contributed by atoms with Crippen LogP contribution >= 0.6 is 0 Å². The van der Waals surface area contributed by atoms with Crippen molar-refractivity contribution in [3.05, 3.63) is 18.0 Å². The largest absolute Gasteiger partial charge is 0.317 e.